The highest BCUT2D eigenvalue weighted by Crippen LogP contribution is 2.06. The van der Waals surface area contributed by atoms with E-state index in [0.717, 1.165) is 6.42 Å². The molecule has 0 aromatic rings. The van der Waals surface area contributed by atoms with Gasteiger partial charge in [0.15, 0.2) is 6.10 Å². The predicted octanol–water partition coefficient (Wildman–Crippen LogP) is 0.218. The summed E-state index contributed by atoms with van der Waals surface area (Å²) in [7, 11) is 0. The van der Waals surface area contributed by atoms with E-state index in [1.165, 1.54) is 0 Å². The summed E-state index contributed by atoms with van der Waals surface area (Å²) in [5.41, 5.74) is 0. The summed E-state index contributed by atoms with van der Waals surface area (Å²) in [6.45, 7) is 2.51. The number of esters is 1. The summed E-state index contributed by atoms with van der Waals surface area (Å²) in [6.07, 6.45) is 1.22. The predicted molar refractivity (Wildman–Crippen MR) is 42.4 cm³/mol. The Morgan fingerprint density at radius 2 is 2.50 bits per heavy atom. The lowest BCUT2D eigenvalue weighted by Gasteiger charge is -2.07. The van der Waals surface area contributed by atoms with Crippen LogP contribution in [0.25, 0.3) is 0 Å². The van der Waals surface area contributed by atoms with Crippen molar-refractivity contribution in [3.8, 4) is 0 Å². The Morgan fingerprint density at radius 3 is 3.00 bits per heavy atom. The van der Waals surface area contributed by atoms with Crippen molar-refractivity contribution in [2.75, 3.05) is 6.54 Å². The normalized spacial score (nSPS) is 22.1. The average molecular weight is 171 g/mol. The van der Waals surface area contributed by atoms with Crippen LogP contribution in [0.4, 0.5) is 0 Å². The van der Waals surface area contributed by atoms with Crippen molar-refractivity contribution in [1.82, 2.24) is 5.32 Å². The van der Waals surface area contributed by atoms with Crippen molar-refractivity contribution < 1.29 is 14.3 Å². The van der Waals surface area contributed by atoms with Gasteiger partial charge < -0.3 is 10.1 Å². The average Bonchev–Trinajstić information content (AvgIpc) is 2.37. The molecule has 1 atom stereocenters. The smallest absolute Gasteiger partial charge is 0.306 e. The molecule has 68 valence electrons. The van der Waals surface area contributed by atoms with Crippen molar-refractivity contribution >= 4 is 11.9 Å². The van der Waals surface area contributed by atoms with Crippen LogP contribution >= 0.6 is 0 Å². The van der Waals surface area contributed by atoms with E-state index in [4.69, 9.17) is 4.74 Å². The molecule has 1 N–H and O–H groups in total. The quantitative estimate of drug-likeness (QED) is 0.618. The molecule has 1 unspecified atom stereocenters. The van der Waals surface area contributed by atoms with E-state index in [0.29, 0.717) is 19.4 Å². The van der Waals surface area contributed by atoms with Crippen molar-refractivity contribution in [2.45, 2.75) is 32.3 Å². The van der Waals surface area contributed by atoms with Gasteiger partial charge in [-0.3, -0.25) is 9.59 Å². The second-order valence-electron chi connectivity index (χ2n) is 2.81. The summed E-state index contributed by atoms with van der Waals surface area (Å²) in [5.74, 6) is -0.445. The zero-order chi connectivity index (χ0) is 8.97. The minimum Gasteiger partial charge on any atom is -0.452 e. The van der Waals surface area contributed by atoms with E-state index in [1.807, 2.05) is 6.92 Å². The maximum atomic E-state index is 10.9. The highest BCUT2D eigenvalue weighted by molar-refractivity contribution is 5.85. The Bertz CT molecular complexity index is 191. The number of nitrogens with one attached hydrogen (secondary N) is 1. The molecule has 12 heavy (non-hydrogen) atoms. The van der Waals surface area contributed by atoms with Gasteiger partial charge in [0.25, 0.3) is 5.91 Å². The summed E-state index contributed by atoms with van der Waals surface area (Å²) < 4.78 is 4.91. The first-order chi connectivity index (χ1) is 5.74. The molecule has 1 saturated heterocycles. The highest BCUT2D eigenvalue weighted by atomic mass is 16.5. The van der Waals surface area contributed by atoms with Crippen LogP contribution < -0.4 is 5.32 Å². The second-order valence-corrected chi connectivity index (χ2v) is 2.81. The topological polar surface area (TPSA) is 55.4 Å². The number of ether oxygens (including phenoxy) is 1. The molecule has 0 spiro atoms. The van der Waals surface area contributed by atoms with Gasteiger partial charge in [0, 0.05) is 19.4 Å². The largest absolute Gasteiger partial charge is 0.452 e. The van der Waals surface area contributed by atoms with Gasteiger partial charge in [0.2, 0.25) is 0 Å². The van der Waals surface area contributed by atoms with Crippen LogP contribution in [0.1, 0.15) is 26.2 Å². The molecule has 1 rings (SSSR count). The zero-order valence-corrected chi connectivity index (χ0v) is 7.13. The Hall–Kier alpha value is -1.06. The van der Waals surface area contributed by atoms with Gasteiger partial charge in [0.1, 0.15) is 0 Å². The number of rotatable bonds is 3. The molecule has 4 heteroatoms. The minimum absolute atomic E-state index is 0.167. The fraction of sp³-hybridized carbons (Fsp3) is 0.750. The van der Waals surface area contributed by atoms with E-state index in [2.05, 4.69) is 5.32 Å². The summed E-state index contributed by atoms with van der Waals surface area (Å²) >= 11 is 0. The van der Waals surface area contributed by atoms with Crippen LogP contribution in [0.2, 0.25) is 0 Å². The van der Waals surface area contributed by atoms with Crippen LogP contribution in [0.3, 0.4) is 0 Å². The Kier molecular flexibility index (Phi) is 3.08. The van der Waals surface area contributed by atoms with Crippen molar-refractivity contribution in [3.05, 3.63) is 0 Å². The van der Waals surface area contributed by atoms with Crippen LogP contribution in [0, 0.1) is 0 Å². The SMILES string of the molecule is CCCC(=O)OC1CCNC1=O. The Labute approximate surface area is 71.3 Å². The van der Waals surface area contributed by atoms with Crippen LogP contribution in [-0.4, -0.2) is 24.5 Å². The molecular weight excluding hydrogens is 158 g/mol. The van der Waals surface area contributed by atoms with Crippen LogP contribution in [0.15, 0.2) is 0 Å². The molecule has 0 bridgehead atoms. The van der Waals surface area contributed by atoms with Gasteiger partial charge in [-0.15, -0.1) is 0 Å². The number of carbonyl (C=O) groups is 2. The van der Waals surface area contributed by atoms with Gasteiger partial charge in [-0.05, 0) is 6.42 Å². The van der Waals surface area contributed by atoms with Crippen molar-refractivity contribution in [3.63, 3.8) is 0 Å². The fourth-order valence-electron chi connectivity index (χ4n) is 1.11. The standard InChI is InChI=1S/C8H13NO3/c1-2-3-7(10)12-6-4-5-9-8(6)11/h6H,2-5H2,1H3,(H,9,11). The summed E-state index contributed by atoms with van der Waals surface area (Å²) in [5, 5.41) is 2.60. The third kappa shape index (κ3) is 2.22. The van der Waals surface area contributed by atoms with Crippen LogP contribution in [0.5, 0.6) is 0 Å². The summed E-state index contributed by atoms with van der Waals surface area (Å²) in [6, 6.07) is 0. The van der Waals surface area contributed by atoms with Crippen molar-refractivity contribution in [1.29, 1.82) is 0 Å². The first-order valence-corrected chi connectivity index (χ1v) is 4.21. The monoisotopic (exact) mass is 171 g/mol. The van der Waals surface area contributed by atoms with E-state index in [1.54, 1.807) is 0 Å². The zero-order valence-electron chi connectivity index (χ0n) is 7.13. The van der Waals surface area contributed by atoms with Gasteiger partial charge in [-0.2, -0.15) is 0 Å². The van der Waals surface area contributed by atoms with Gasteiger partial charge in [-0.25, -0.2) is 0 Å². The molecule has 1 heterocycles. The van der Waals surface area contributed by atoms with E-state index in [-0.39, 0.29) is 11.9 Å². The third-order valence-electron chi connectivity index (χ3n) is 1.73. The molecule has 0 aromatic heterocycles. The molecule has 0 aromatic carbocycles. The molecule has 1 fully saturated rings. The third-order valence-corrected chi connectivity index (χ3v) is 1.73. The molecule has 0 saturated carbocycles. The first-order valence-electron chi connectivity index (χ1n) is 4.21. The number of carbonyl (C=O) groups excluding carboxylic acids is 2. The molecule has 4 nitrogen and oxygen atoms in total. The van der Waals surface area contributed by atoms with Gasteiger partial charge >= 0.3 is 5.97 Å². The van der Waals surface area contributed by atoms with Crippen LogP contribution in [-0.2, 0) is 14.3 Å². The van der Waals surface area contributed by atoms with Gasteiger partial charge in [-0.1, -0.05) is 6.92 Å². The minimum atomic E-state index is -0.538. The number of hydrogen-bond acceptors (Lipinski definition) is 3. The maximum absolute atomic E-state index is 10.9. The second kappa shape index (κ2) is 4.09. The molecule has 1 aliphatic rings. The fourth-order valence-corrected chi connectivity index (χ4v) is 1.11. The number of hydrogen-bond donors (Lipinski definition) is 1. The lowest BCUT2D eigenvalue weighted by Crippen LogP contribution is -2.27. The molecule has 0 aliphatic carbocycles. The highest BCUT2D eigenvalue weighted by Gasteiger charge is 2.27. The molecular formula is C8H13NO3. The van der Waals surface area contributed by atoms with Crippen molar-refractivity contribution in [2.24, 2.45) is 0 Å². The molecule has 1 amide bonds. The first kappa shape index (κ1) is 9.03. The van der Waals surface area contributed by atoms with E-state index < -0.39 is 6.10 Å². The van der Waals surface area contributed by atoms with Gasteiger partial charge in [0.05, 0.1) is 0 Å². The van der Waals surface area contributed by atoms with E-state index in [9.17, 15) is 9.59 Å². The lowest BCUT2D eigenvalue weighted by atomic mass is 10.3. The molecule has 0 radical (unpaired) electrons. The lowest BCUT2D eigenvalue weighted by molar-refractivity contribution is -0.154. The van der Waals surface area contributed by atoms with E-state index >= 15 is 0 Å². The molecule has 1 aliphatic heterocycles. The Balaban J connectivity index is 2.30. The summed E-state index contributed by atoms with van der Waals surface area (Å²) in [4.78, 5) is 21.9. The maximum Gasteiger partial charge on any atom is 0.306 e. The number of amides is 1. The Morgan fingerprint density at radius 1 is 1.75 bits per heavy atom.